The number of piperidine rings is 1. The van der Waals surface area contributed by atoms with Crippen LogP contribution in [-0.4, -0.2) is 105 Å². The first kappa shape index (κ1) is 34.6. The van der Waals surface area contributed by atoms with Crippen LogP contribution >= 0.6 is 0 Å². The summed E-state index contributed by atoms with van der Waals surface area (Å²) in [5.41, 5.74) is 2.78. The van der Waals surface area contributed by atoms with Gasteiger partial charge in [0.2, 0.25) is 5.88 Å². The first-order valence-electron chi connectivity index (χ1n) is 16.2. The highest BCUT2D eigenvalue weighted by atomic mass is 19.3. The molecule has 4 heterocycles. The lowest BCUT2D eigenvalue weighted by molar-refractivity contribution is -0.135. The molecule has 0 spiro atoms. The summed E-state index contributed by atoms with van der Waals surface area (Å²) in [5.74, 6) is -1.73. The Bertz CT molecular complexity index is 2030. The normalized spacial score (nSPS) is 16.4. The number of aromatic nitrogens is 6. The highest BCUT2D eigenvalue weighted by Gasteiger charge is 2.46. The fraction of sp³-hybridized carbons (Fsp3) is 0.371. The molecule has 0 saturated carbocycles. The molecule has 1 aliphatic rings. The number of alkyl halides is 2. The summed E-state index contributed by atoms with van der Waals surface area (Å²) in [6, 6.07) is 8.81. The van der Waals surface area contributed by atoms with Gasteiger partial charge in [0.25, 0.3) is 5.92 Å². The maximum absolute atomic E-state index is 15.5. The van der Waals surface area contributed by atoms with Gasteiger partial charge < -0.3 is 29.3 Å². The number of rotatable bonds is 13. The van der Waals surface area contributed by atoms with Gasteiger partial charge in [-0.25, -0.2) is 33.2 Å². The van der Waals surface area contributed by atoms with E-state index < -0.39 is 18.6 Å². The number of anilines is 2. The zero-order chi connectivity index (χ0) is 35.4. The van der Waals surface area contributed by atoms with E-state index in [1.807, 2.05) is 38.9 Å². The quantitative estimate of drug-likeness (QED) is 0.162. The number of fused-ring (bicyclic) bond motifs is 2. The van der Waals surface area contributed by atoms with Crippen molar-refractivity contribution in [3.8, 4) is 23.1 Å². The van der Waals surface area contributed by atoms with E-state index in [-0.39, 0.29) is 31.0 Å². The molecule has 0 bridgehead atoms. The zero-order valence-corrected chi connectivity index (χ0v) is 28.6. The summed E-state index contributed by atoms with van der Waals surface area (Å²) >= 11 is 0. The average molecular weight is 688 g/mol. The molecule has 0 amide bonds. The standard InChI is InChI=1S/C35H39F2N9O4/c1-6-48-28-16-26-32(33(25(28)15-24(47)8-7-12-44(3)4)50-29-11-13-45(5)18-35(29,36)37)34(40-19-38-26)43-23-9-10-27(22(2)14-23)49-31-17-30-39-20-42-46(30)21-41-31/h7-10,14,16-17,19-21,29H,6,11-13,15,18H2,1-5H3,(H,38,40,43)/b8-7+/t29-/m1/s1. The van der Waals surface area contributed by atoms with Gasteiger partial charge in [0.1, 0.15) is 42.0 Å². The van der Waals surface area contributed by atoms with Crippen molar-refractivity contribution in [2.45, 2.75) is 38.7 Å². The highest BCUT2D eigenvalue weighted by Crippen LogP contribution is 2.43. The molecule has 262 valence electrons. The van der Waals surface area contributed by atoms with Crippen molar-refractivity contribution < 1.29 is 27.8 Å². The third-order valence-corrected chi connectivity index (χ3v) is 8.15. The number of hydrogen-bond acceptors (Lipinski definition) is 12. The number of ketones is 1. The van der Waals surface area contributed by atoms with Crippen molar-refractivity contribution >= 4 is 33.8 Å². The summed E-state index contributed by atoms with van der Waals surface area (Å²) in [7, 11) is 5.44. The molecular formula is C35H39F2N9O4. The summed E-state index contributed by atoms with van der Waals surface area (Å²) in [6.07, 6.45) is 6.05. The average Bonchev–Trinajstić information content (AvgIpc) is 3.53. The number of hydrogen-bond donors (Lipinski definition) is 1. The Labute approximate surface area is 287 Å². The Balaban J connectivity index is 1.39. The first-order chi connectivity index (χ1) is 24.0. The lowest BCUT2D eigenvalue weighted by atomic mass is 10.00. The van der Waals surface area contributed by atoms with Gasteiger partial charge in [-0.1, -0.05) is 6.08 Å². The topological polar surface area (TPSA) is 132 Å². The Morgan fingerprint density at radius 3 is 2.72 bits per heavy atom. The second-order valence-corrected chi connectivity index (χ2v) is 12.4. The fourth-order valence-corrected chi connectivity index (χ4v) is 5.75. The summed E-state index contributed by atoms with van der Waals surface area (Å²) in [5, 5.41) is 7.72. The van der Waals surface area contributed by atoms with Gasteiger partial charge in [0, 0.05) is 49.3 Å². The van der Waals surface area contributed by atoms with Crippen molar-refractivity contribution in [1.29, 1.82) is 0 Å². The lowest BCUT2D eigenvalue weighted by Crippen LogP contribution is -2.52. The van der Waals surface area contributed by atoms with Crippen LogP contribution in [0.5, 0.6) is 23.1 Å². The van der Waals surface area contributed by atoms with Gasteiger partial charge in [-0.3, -0.25) is 4.79 Å². The number of likely N-dealkylation sites (N-methyl/N-ethyl adjacent to an activating group) is 1. The smallest absolute Gasteiger partial charge is 0.296 e. The molecule has 1 aliphatic heterocycles. The van der Waals surface area contributed by atoms with Crippen LogP contribution in [0.1, 0.15) is 24.5 Å². The number of carbonyl (C=O) groups is 1. The van der Waals surface area contributed by atoms with E-state index >= 15 is 8.78 Å². The monoisotopic (exact) mass is 687 g/mol. The molecule has 1 fully saturated rings. The predicted molar refractivity (Wildman–Crippen MR) is 184 cm³/mol. The van der Waals surface area contributed by atoms with Gasteiger partial charge in [-0.05, 0) is 64.8 Å². The number of carbonyl (C=O) groups excluding carboxylic acids is 1. The van der Waals surface area contributed by atoms with Crippen LogP contribution in [-0.2, 0) is 11.2 Å². The minimum atomic E-state index is -3.16. The molecule has 0 unspecified atom stereocenters. The molecule has 0 aliphatic carbocycles. The molecule has 15 heteroatoms. The fourth-order valence-electron chi connectivity index (χ4n) is 5.75. The van der Waals surface area contributed by atoms with Crippen molar-refractivity contribution in [2.75, 3.05) is 52.7 Å². The first-order valence-corrected chi connectivity index (χ1v) is 16.2. The largest absolute Gasteiger partial charge is 0.493 e. The number of likely N-dealkylation sites (tertiary alicyclic amines) is 1. The van der Waals surface area contributed by atoms with Gasteiger partial charge in [-0.2, -0.15) is 5.10 Å². The maximum Gasteiger partial charge on any atom is 0.296 e. The number of aryl methyl sites for hydroxylation is 1. The maximum atomic E-state index is 15.5. The van der Waals surface area contributed by atoms with E-state index in [2.05, 4.69) is 30.4 Å². The van der Waals surface area contributed by atoms with Gasteiger partial charge in [-0.15, -0.1) is 0 Å². The second-order valence-electron chi connectivity index (χ2n) is 12.4. The Morgan fingerprint density at radius 2 is 1.96 bits per heavy atom. The number of benzene rings is 2. The Hall–Kier alpha value is -5.28. The molecule has 6 rings (SSSR count). The van der Waals surface area contributed by atoms with Gasteiger partial charge >= 0.3 is 0 Å². The molecule has 5 aromatic rings. The van der Waals surface area contributed by atoms with E-state index in [0.717, 1.165) is 5.56 Å². The van der Waals surface area contributed by atoms with Crippen LogP contribution in [0.4, 0.5) is 20.3 Å². The molecule has 1 saturated heterocycles. The number of allylic oxidation sites excluding steroid dienone is 1. The summed E-state index contributed by atoms with van der Waals surface area (Å²) < 4.78 is 50.8. The van der Waals surface area contributed by atoms with Gasteiger partial charge in [0.15, 0.2) is 17.5 Å². The molecule has 0 radical (unpaired) electrons. The van der Waals surface area contributed by atoms with Crippen LogP contribution < -0.4 is 19.5 Å². The summed E-state index contributed by atoms with van der Waals surface area (Å²) in [6.45, 7) is 4.49. The van der Waals surface area contributed by atoms with E-state index in [4.69, 9.17) is 14.2 Å². The third-order valence-electron chi connectivity index (χ3n) is 8.15. The van der Waals surface area contributed by atoms with E-state index in [1.165, 1.54) is 29.6 Å². The Morgan fingerprint density at radius 1 is 1.12 bits per heavy atom. The molecule has 13 nitrogen and oxygen atoms in total. The zero-order valence-electron chi connectivity index (χ0n) is 28.6. The highest BCUT2D eigenvalue weighted by molar-refractivity contribution is 6.00. The van der Waals surface area contributed by atoms with Crippen molar-refractivity contribution in [2.24, 2.45) is 0 Å². The number of nitrogens with zero attached hydrogens (tertiary/aromatic N) is 8. The summed E-state index contributed by atoms with van der Waals surface area (Å²) in [4.78, 5) is 34.2. The van der Waals surface area contributed by atoms with Crippen LogP contribution in [0.15, 0.2) is 61.5 Å². The molecule has 2 aromatic carbocycles. The lowest BCUT2D eigenvalue weighted by Gasteiger charge is -2.37. The number of ether oxygens (including phenoxy) is 3. The van der Waals surface area contributed by atoms with Crippen LogP contribution in [0, 0.1) is 6.92 Å². The minimum absolute atomic E-state index is 0.0793. The minimum Gasteiger partial charge on any atom is -0.493 e. The van der Waals surface area contributed by atoms with Crippen molar-refractivity contribution in [3.05, 3.63) is 72.6 Å². The predicted octanol–water partition coefficient (Wildman–Crippen LogP) is 5.26. The van der Waals surface area contributed by atoms with Gasteiger partial charge in [0.05, 0.1) is 24.1 Å². The van der Waals surface area contributed by atoms with Crippen molar-refractivity contribution in [3.63, 3.8) is 0 Å². The third kappa shape index (κ3) is 7.79. The van der Waals surface area contributed by atoms with Crippen molar-refractivity contribution in [1.82, 2.24) is 39.3 Å². The van der Waals surface area contributed by atoms with E-state index in [9.17, 15) is 4.79 Å². The second kappa shape index (κ2) is 14.7. The van der Waals surface area contributed by atoms with Crippen LogP contribution in [0.25, 0.3) is 16.6 Å². The Kier molecular flexibility index (Phi) is 10.2. The number of nitrogens with one attached hydrogen (secondary N) is 1. The van der Waals surface area contributed by atoms with E-state index in [0.29, 0.717) is 64.1 Å². The molecule has 1 atom stereocenters. The SMILES string of the molecule is CCOc1cc2ncnc(Nc3ccc(Oc4cc5ncnn5cn4)c(C)c3)c2c(O[C@@H]2CCN(C)CC2(F)F)c1CC(=O)/C=C/CN(C)C. The van der Waals surface area contributed by atoms with E-state index in [1.54, 1.807) is 42.3 Å². The molecule has 3 aromatic heterocycles. The number of halogens is 2. The molecule has 1 N–H and O–H groups in total. The van der Waals surface area contributed by atoms with Crippen LogP contribution in [0.3, 0.4) is 0 Å². The van der Waals surface area contributed by atoms with Crippen LogP contribution in [0.2, 0.25) is 0 Å². The molecular weight excluding hydrogens is 648 g/mol. The molecule has 50 heavy (non-hydrogen) atoms.